The zero-order valence-electron chi connectivity index (χ0n) is 8.94. The molecule has 1 aromatic heterocycles. The number of aliphatic hydroxyl groups is 1. The first kappa shape index (κ1) is 13.9. The first-order valence-corrected chi connectivity index (χ1v) is 4.92. The molecule has 0 aromatic carbocycles. The third-order valence-electron chi connectivity index (χ3n) is 1.72. The predicted octanol–water partition coefficient (Wildman–Crippen LogP) is 0.244. The number of aromatic nitrogens is 3. The summed E-state index contributed by atoms with van der Waals surface area (Å²) in [5.74, 6) is 0. The van der Waals surface area contributed by atoms with Crippen molar-refractivity contribution in [2.75, 3.05) is 13.2 Å². The number of aliphatic hydroxyl groups excluding tert-OH is 1. The van der Waals surface area contributed by atoms with Gasteiger partial charge in [-0.15, -0.1) is 5.10 Å². The molecule has 0 amide bonds. The van der Waals surface area contributed by atoms with Gasteiger partial charge in [-0.25, -0.2) is 0 Å². The SMILES string of the molecule is OCCCn1cc(CNOCC(F)(F)F)nn1. The molecule has 0 bridgehead atoms. The molecular formula is C8H13F3N4O2. The van der Waals surface area contributed by atoms with Crippen molar-refractivity contribution in [2.24, 2.45) is 0 Å². The number of aryl methyl sites for hydroxylation is 1. The zero-order valence-corrected chi connectivity index (χ0v) is 8.94. The average Bonchev–Trinajstić information content (AvgIpc) is 2.68. The summed E-state index contributed by atoms with van der Waals surface area (Å²) in [4.78, 5) is 4.20. The van der Waals surface area contributed by atoms with E-state index in [-0.39, 0.29) is 13.2 Å². The van der Waals surface area contributed by atoms with E-state index in [0.29, 0.717) is 18.7 Å². The van der Waals surface area contributed by atoms with E-state index in [1.165, 1.54) is 4.68 Å². The molecule has 0 saturated heterocycles. The minimum Gasteiger partial charge on any atom is -0.396 e. The van der Waals surface area contributed by atoms with Crippen molar-refractivity contribution in [1.82, 2.24) is 20.5 Å². The molecule has 9 heteroatoms. The molecule has 0 radical (unpaired) electrons. The van der Waals surface area contributed by atoms with Crippen LogP contribution in [-0.2, 0) is 17.9 Å². The lowest BCUT2D eigenvalue weighted by atomic mass is 10.4. The smallest absolute Gasteiger partial charge is 0.396 e. The van der Waals surface area contributed by atoms with E-state index in [4.69, 9.17) is 5.11 Å². The Balaban J connectivity index is 2.21. The number of hydrogen-bond donors (Lipinski definition) is 2. The molecule has 0 aliphatic rings. The van der Waals surface area contributed by atoms with Gasteiger partial charge in [0.1, 0.15) is 0 Å². The highest BCUT2D eigenvalue weighted by Crippen LogP contribution is 2.13. The summed E-state index contributed by atoms with van der Waals surface area (Å²) < 4.78 is 36.6. The monoisotopic (exact) mass is 254 g/mol. The summed E-state index contributed by atoms with van der Waals surface area (Å²) in [5, 5.41) is 16.0. The molecule has 0 atom stereocenters. The van der Waals surface area contributed by atoms with Crippen LogP contribution in [0.25, 0.3) is 0 Å². The molecule has 0 aliphatic heterocycles. The molecule has 0 spiro atoms. The summed E-state index contributed by atoms with van der Waals surface area (Å²) in [7, 11) is 0. The van der Waals surface area contributed by atoms with Crippen LogP contribution in [0.1, 0.15) is 12.1 Å². The lowest BCUT2D eigenvalue weighted by Gasteiger charge is -2.06. The largest absolute Gasteiger partial charge is 0.413 e. The van der Waals surface area contributed by atoms with Crippen LogP contribution >= 0.6 is 0 Å². The van der Waals surface area contributed by atoms with Gasteiger partial charge in [0.05, 0.1) is 12.2 Å². The molecule has 17 heavy (non-hydrogen) atoms. The number of nitrogens with one attached hydrogen (secondary N) is 1. The van der Waals surface area contributed by atoms with Crippen LogP contribution in [0.2, 0.25) is 0 Å². The first-order chi connectivity index (χ1) is 8.01. The molecular weight excluding hydrogens is 241 g/mol. The van der Waals surface area contributed by atoms with E-state index >= 15 is 0 Å². The first-order valence-electron chi connectivity index (χ1n) is 4.92. The van der Waals surface area contributed by atoms with Crippen LogP contribution < -0.4 is 5.48 Å². The van der Waals surface area contributed by atoms with Crippen molar-refractivity contribution in [2.45, 2.75) is 25.7 Å². The van der Waals surface area contributed by atoms with Gasteiger partial charge in [0.2, 0.25) is 0 Å². The van der Waals surface area contributed by atoms with Gasteiger partial charge < -0.3 is 5.11 Å². The Labute approximate surface area is 95.3 Å². The van der Waals surface area contributed by atoms with Gasteiger partial charge in [-0.1, -0.05) is 5.21 Å². The number of hydrogen-bond acceptors (Lipinski definition) is 5. The predicted molar refractivity (Wildman–Crippen MR) is 50.6 cm³/mol. The molecule has 1 rings (SSSR count). The van der Waals surface area contributed by atoms with E-state index < -0.39 is 12.8 Å². The second-order valence-electron chi connectivity index (χ2n) is 3.28. The van der Waals surface area contributed by atoms with Gasteiger partial charge in [0.15, 0.2) is 6.61 Å². The van der Waals surface area contributed by atoms with Crippen LogP contribution in [0.5, 0.6) is 0 Å². The number of hydroxylamine groups is 1. The average molecular weight is 254 g/mol. The molecule has 98 valence electrons. The fourth-order valence-electron chi connectivity index (χ4n) is 1.02. The Bertz CT molecular complexity index is 329. The molecule has 1 heterocycles. The van der Waals surface area contributed by atoms with E-state index in [9.17, 15) is 13.2 Å². The number of alkyl halides is 3. The highest BCUT2D eigenvalue weighted by atomic mass is 19.4. The summed E-state index contributed by atoms with van der Waals surface area (Å²) in [6, 6.07) is 0. The highest BCUT2D eigenvalue weighted by Gasteiger charge is 2.27. The Morgan fingerprint density at radius 2 is 2.24 bits per heavy atom. The van der Waals surface area contributed by atoms with Crippen LogP contribution in [0, 0.1) is 0 Å². The minimum atomic E-state index is -4.36. The van der Waals surface area contributed by atoms with Crippen LogP contribution in [0.4, 0.5) is 13.2 Å². The summed E-state index contributed by atoms with van der Waals surface area (Å²) in [6.45, 7) is -0.768. The lowest BCUT2D eigenvalue weighted by molar-refractivity contribution is -0.190. The molecule has 0 fully saturated rings. The van der Waals surface area contributed by atoms with Gasteiger partial charge in [-0.2, -0.15) is 18.7 Å². The normalized spacial score (nSPS) is 12.0. The van der Waals surface area contributed by atoms with Crippen molar-refractivity contribution < 1.29 is 23.1 Å². The van der Waals surface area contributed by atoms with E-state index in [1.807, 2.05) is 0 Å². The van der Waals surface area contributed by atoms with E-state index in [1.54, 1.807) is 6.20 Å². The van der Waals surface area contributed by atoms with Gasteiger partial charge in [-0.05, 0) is 6.42 Å². The third-order valence-corrected chi connectivity index (χ3v) is 1.72. The number of halogens is 3. The topological polar surface area (TPSA) is 72.2 Å². The maximum absolute atomic E-state index is 11.7. The van der Waals surface area contributed by atoms with Gasteiger partial charge in [0, 0.05) is 19.3 Å². The van der Waals surface area contributed by atoms with Crippen molar-refractivity contribution >= 4 is 0 Å². The summed E-state index contributed by atoms with van der Waals surface area (Å²) in [6.07, 6.45) is -2.24. The van der Waals surface area contributed by atoms with Crippen molar-refractivity contribution in [3.8, 4) is 0 Å². The van der Waals surface area contributed by atoms with E-state index in [2.05, 4.69) is 20.6 Å². The van der Waals surface area contributed by atoms with Gasteiger partial charge in [-0.3, -0.25) is 9.52 Å². The number of rotatable bonds is 7. The second kappa shape index (κ2) is 6.52. The quantitative estimate of drug-likeness (QED) is 0.539. The fourth-order valence-corrected chi connectivity index (χ4v) is 1.02. The van der Waals surface area contributed by atoms with Crippen molar-refractivity contribution in [3.63, 3.8) is 0 Å². The third kappa shape index (κ3) is 6.19. The second-order valence-corrected chi connectivity index (χ2v) is 3.28. The number of nitrogens with zero attached hydrogens (tertiary/aromatic N) is 3. The zero-order chi connectivity index (χ0) is 12.7. The van der Waals surface area contributed by atoms with Crippen LogP contribution in [-0.4, -0.2) is 39.5 Å². The maximum atomic E-state index is 11.7. The Morgan fingerprint density at radius 3 is 2.88 bits per heavy atom. The Hall–Kier alpha value is -1.19. The molecule has 6 nitrogen and oxygen atoms in total. The van der Waals surface area contributed by atoms with Crippen LogP contribution in [0.15, 0.2) is 6.20 Å². The summed E-state index contributed by atoms with van der Waals surface area (Å²) in [5.41, 5.74) is 2.61. The fraction of sp³-hybridized carbons (Fsp3) is 0.750. The molecule has 0 saturated carbocycles. The highest BCUT2D eigenvalue weighted by molar-refractivity contribution is 4.90. The van der Waals surface area contributed by atoms with Crippen molar-refractivity contribution in [1.29, 1.82) is 0 Å². The van der Waals surface area contributed by atoms with Gasteiger partial charge >= 0.3 is 6.18 Å². The molecule has 2 N–H and O–H groups in total. The van der Waals surface area contributed by atoms with Gasteiger partial charge in [0.25, 0.3) is 0 Å². The maximum Gasteiger partial charge on any atom is 0.413 e. The summed E-state index contributed by atoms with van der Waals surface area (Å²) >= 11 is 0. The van der Waals surface area contributed by atoms with Crippen LogP contribution in [0.3, 0.4) is 0 Å². The molecule has 0 aliphatic carbocycles. The lowest BCUT2D eigenvalue weighted by Crippen LogP contribution is -2.24. The van der Waals surface area contributed by atoms with Crippen molar-refractivity contribution in [3.05, 3.63) is 11.9 Å². The Kier molecular flexibility index (Phi) is 5.32. The van der Waals surface area contributed by atoms with E-state index in [0.717, 1.165) is 0 Å². The Morgan fingerprint density at radius 1 is 1.47 bits per heavy atom. The molecule has 0 unspecified atom stereocenters. The molecule has 1 aromatic rings. The standard InChI is InChI=1S/C8H13F3N4O2/c9-8(10,11)6-17-12-4-7-5-15(14-13-7)2-1-3-16/h5,12,16H,1-4,6H2. The minimum absolute atomic E-state index is 0.0369.